The average molecular weight is 503 g/mol. The fraction of sp³-hybridized carbons (Fsp3) is 0.348. The summed E-state index contributed by atoms with van der Waals surface area (Å²) < 4.78 is 11.3. The minimum Gasteiger partial charge on any atom is -0.483 e. The van der Waals surface area contributed by atoms with E-state index in [-0.39, 0.29) is 18.4 Å². The van der Waals surface area contributed by atoms with Gasteiger partial charge in [0.1, 0.15) is 28.6 Å². The van der Waals surface area contributed by atoms with Crippen molar-refractivity contribution in [3.63, 3.8) is 0 Å². The van der Waals surface area contributed by atoms with Crippen LogP contribution in [0.25, 0.3) is 21.5 Å². The van der Waals surface area contributed by atoms with Gasteiger partial charge in [-0.2, -0.15) is 0 Å². The smallest absolute Gasteiger partial charge is 0.326 e. The standard InChI is InChI=1S/C23H26N4O7S/c1-3-13-7-14-18(33-9-15(20(14)29)21-26-12(2)11-35-21)8-17(13)34-10-19(28)27-16(22(30)31)5-4-6-25-23(24)32/h7-9,11,16H,3-6,10H2,1-2H3,(H,27,28)(H,30,31)(H3,24,25,32)/t16-/m1/s1. The van der Waals surface area contributed by atoms with Crippen LogP contribution in [-0.2, 0) is 16.0 Å². The quantitative estimate of drug-likeness (QED) is 0.289. The van der Waals surface area contributed by atoms with Crippen molar-refractivity contribution < 1.29 is 28.6 Å². The molecular weight excluding hydrogens is 476 g/mol. The van der Waals surface area contributed by atoms with Crippen molar-refractivity contribution in [1.29, 1.82) is 0 Å². The predicted octanol–water partition coefficient (Wildman–Crippen LogP) is 2.18. The molecule has 3 rings (SSSR count). The van der Waals surface area contributed by atoms with E-state index >= 15 is 0 Å². The Morgan fingerprint density at radius 1 is 1.31 bits per heavy atom. The van der Waals surface area contributed by atoms with Gasteiger partial charge in [-0.1, -0.05) is 6.92 Å². The first-order valence-corrected chi connectivity index (χ1v) is 11.8. The lowest BCUT2D eigenvalue weighted by atomic mass is 10.1. The number of urea groups is 1. The van der Waals surface area contributed by atoms with Gasteiger partial charge in [-0.25, -0.2) is 14.6 Å². The maximum atomic E-state index is 13.0. The second kappa shape index (κ2) is 11.5. The number of hydrogen-bond donors (Lipinski definition) is 4. The molecule has 2 heterocycles. The number of carboxylic acids is 1. The summed E-state index contributed by atoms with van der Waals surface area (Å²) in [4.78, 5) is 51.8. The first-order valence-electron chi connectivity index (χ1n) is 10.9. The van der Waals surface area contributed by atoms with E-state index in [1.807, 2.05) is 19.2 Å². The number of rotatable bonds is 11. The number of nitrogens with two attached hydrogens (primary N) is 1. The Hall–Kier alpha value is -3.93. The summed E-state index contributed by atoms with van der Waals surface area (Å²) >= 11 is 1.36. The summed E-state index contributed by atoms with van der Waals surface area (Å²) in [6, 6.07) is 1.37. The zero-order valence-corrected chi connectivity index (χ0v) is 20.1. The lowest BCUT2D eigenvalue weighted by Gasteiger charge is -2.16. The molecule has 35 heavy (non-hydrogen) atoms. The largest absolute Gasteiger partial charge is 0.483 e. The number of aliphatic carboxylic acids is 1. The van der Waals surface area contributed by atoms with Crippen LogP contribution in [0, 0.1) is 6.92 Å². The second-order valence-corrected chi connectivity index (χ2v) is 8.62. The van der Waals surface area contributed by atoms with Gasteiger partial charge >= 0.3 is 12.0 Å². The summed E-state index contributed by atoms with van der Waals surface area (Å²) in [5.41, 5.74) is 6.93. The highest BCUT2D eigenvalue weighted by Gasteiger charge is 2.20. The van der Waals surface area contributed by atoms with Crippen molar-refractivity contribution >= 4 is 40.2 Å². The minimum atomic E-state index is -1.20. The minimum absolute atomic E-state index is 0.101. The normalized spacial score (nSPS) is 11.7. The number of thiazole rings is 1. The van der Waals surface area contributed by atoms with Crippen molar-refractivity contribution in [2.45, 2.75) is 39.2 Å². The lowest BCUT2D eigenvalue weighted by Crippen LogP contribution is -2.43. The average Bonchev–Trinajstić information content (AvgIpc) is 3.25. The van der Waals surface area contributed by atoms with Crippen molar-refractivity contribution in [2.24, 2.45) is 5.73 Å². The zero-order chi connectivity index (χ0) is 25.5. The monoisotopic (exact) mass is 502 g/mol. The molecular formula is C23H26N4O7S. The van der Waals surface area contributed by atoms with Crippen LogP contribution < -0.4 is 26.5 Å². The fourth-order valence-corrected chi connectivity index (χ4v) is 4.19. The van der Waals surface area contributed by atoms with Crippen molar-refractivity contribution in [3.05, 3.63) is 45.3 Å². The van der Waals surface area contributed by atoms with Crippen LogP contribution >= 0.6 is 11.3 Å². The molecule has 186 valence electrons. The Morgan fingerprint density at radius 2 is 2.09 bits per heavy atom. The zero-order valence-electron chi connectivity index (χ0n) is 19.3. The molecule has 0 saturated heterocycles. The number of benzene rings is 1. The van der Waals surface area contributed by atoms with Crippen LogP contribution in [0.4, 0.5) is 4.79 Å². The molecule has 0 aliphatic carbocycles. The fourth-order valence-electron chi connectivity index (χ4n) is 3.39. The number of primary amides is 1. The number of ether oxygens (including phenoxy) is 1. The molecule has 0 bridgehead atoms. The molecule has 0 aliphatic heterocycles. The molecule has 0 saturated carbocycles. The summed E-state index contributed by atoms with van der Waals surface area (Å²) in [5.74, 6) is -1.47. The first-order chi connectivity index (χ1) is 16.7. The maximum Gasteiger partial charge on any atom is 0.326 e. The Kier molecular flexibility index (Phi) is 8.42. The van der Waals surface area contributed by atoms with E-state index in [4.69, 9.17) is 14.9 Å². The SMILES string of the molecule is CCc1cc2c(=O)c(-c3nc(C)cs3)coc2cc1OCC(=O)N[C@H](CCCNC(N)=O)C(=O)O. The Bertz CT molecular complexity index is 1300. The van der Waals surface area contributed by atoms with E-state index in [2.05, 4.69) is 15.6 Å². The topological polar surface area (TPSA) is 174 Å². The highest BCUT2D eigenvalue weighted by Crippen LogP contribution is 2.28. The third-order valence-electron chi connectivity index (χ3n) is 5.15. The second-order valence-electron chi connectivity index (χ2n) is 7.76. The highest BCUT2D eigenvalue weighted by molar-refractivity contribution is 7.13. The number of hydrogen-bond acceptors (Lipinski definition) is 8. The highest BCUT2D eigenvalue weighted by atomic mass is 32.1. The molecule has 2 aromatic heterocycles. The number of aromatic nitrogens is 1. The van der Waals surface area contributed by atoms with Crippen LogP contribution in [0.3, 0.4) is 0 Å². The molecule has 5 N–H and O–H groups in total. The van der Waals surface area contributed by atoms with Gasteiger partial charge in [-0.05, 0) is 37.8 Å². The van der Waals surface area contributed by atoms with Gasteiger partial charge in [0.2, 0.25) is 5.43 Å². The Labute approximate surface area is 204 Å². The van der Waals surface area contributed by atoms with Crippen LogP contribution in [0.1, 0.15) is 31.0 Å². The van der Waals surface area contributed by atoms with Crippen LogP contribution in [0.2, 0.25) is 0 Å². The lowest BCUT2D eigenvalue weighted by molar-refractivity contribution is -0.142. The van der Waals surface area contributed by atoms with E-state index < -0.39 is 30.6 Å². The molecule has 0 radical (unpaired) electrons. The molecule has 3 amide bonds. The third-order valence-corrected chi connectivity index (χ3v) is 6.14. The van der Waals surface area contributed by atoms with E-state index in [1.54, 1.807) is 12.1 Å². The molecule has 0 spiro atoms. The van der Waals surface area contributed by atoms with Gasteiger partial charge in [0.15, 0.2) is 6.61 Å². The Balaban J connectivity index is 1.71. The molecule has 11 nitrogen and oxygen atoms in total. The van der Waals surface area contributed by atoms with Crippen LogP contribution in [0.5, 0.6) is 5.75 Å². The van der Waals surface area contributed by atoms with Gasteiger partial charge < -0.3 is 30.6 Å². The molecule has 12 heteroatoms. The van der Waals surface area contributed by atoms with E-state index in [9.17, 15) is 24.3 Å². The maximum absolute atomic E-state index is 13.0. The van der Waals surface area contributed by atoms with E-state index in [1.165, 1.54) is 17.6 Å². The van der Waals surface area contributed by atoms with Crippen LogP contribution in [0.15, 0.2) is 33.0 Å². The number of aryl methyl sites for hydroxylation is 2. The predicted molar refractivity (Wildman–Crippen MR) is 130 cm³/mol. The van der Waals surface area contributed by atoms with Crippen molar-refractivity contribution in [2.75, 3.05) is 13.2 Å². The summed E-state index contributed by atoms with van der Waals surface area (Å²) in [6.45, 7) is 3.49. The van der Waals surface area contributed by atoms with Crippen molar-refractivity contribution in [1.82, 2.24) is 15.6 Å². The van der Waals surface area contributed by atoms with Gasteiger partial charge in [0.25, 0.3) is 5.91 Å². The van der Waals surface area contributed by atoms with Gasteiger partial charge in [0, 0.05) is 23.7 Å². The summed E-state index contributed by atoms with van der Waals surface area (Å²) in [5, 5.41) is 16.9. The molecule has 1 aromatic carbocycles. The number of amides is 3. The summed E-state index contributed by atoms with van der Waals surface area (Å²) in [6.07, 6.45) is 2.30. The van der Waals surface area contributed by atoms with Gasteiger partial charge in [0.05, 0.1) is 10.9 Å². The molecule has 3 aromatic rings. The number of carboxylic acid groups (broad SMARTS) is 1. The van der Waals surface area contributed by atoms with E-state index in [0.717, 1.165) is 5.69 Å². The number of fused-ring (bicyclic) bond motifs is 1. The Morgan fingerprint density at radius 3 is 2.71 bits per heavy atom. The van der Waals surface area contributed by atoms with E-state index in [0.29, 0.717) is 45.7 Å². The third kappa shape index (κ3) is 6.57. The summed E-state index contributed by atoms with van der Waals surface area (Å²) in [7, 11) is 0. The number of nitrogens with one attached hydrogen (secondary N) is 2. The molecule has 0 fully saturated rings. The van der Waals surface area contributed by atoms with Gasteiger partial charge in [-0.15, -0.1) is 11.3 Å². The van der Waals surface area contributed by atoms with Gasteiger partial charge in [-0.3, -0.25) is 9.59 Å². The molecule has 0 aliphatic rings. The first kappa shape index (κ1) is 25.7. The number of carbonyl (C=O) groups excluding carboxylic acids is 2. The number of carbonyl (C=O) groups is 3. The number of nitrogens with zero attached hydrogens (tertiary/aromatic N) is 1. The molecule has 0 unspecified atom stereocenters. The van der Waals surface area contributed by atoms with Crippen molar-refractivity contribution in [3.8, 4) is 16.3 Å². The molecule has 1 atom stereocenters. The van der Waals surface area contributed by atoms with Crippen LogP contribution in [-0.4, -0.2) is 47.2 Å².